The van der Waals surface area contributed by atoms with Crippen molar-refractivity contribution in [2.75, 3.05) is 0 Å². The first kappa shape index (κ1) is 9.50. The average Bonchev–Trinajstić information content (AvgIpc) is 2.15. The van der Waals surface area contributed by atoms with Crippen LogP contribution < -0.4 is 16.0 Å². The Hall–Kier alpha value is -1.59. The van der Waals surface area contributed by atoms with Crippen molar-refractivity contribution < 1.29 is 14.6 Å². The molecule has 0 spiro atoms. The van der Waals surface area contributed by atoms with E-state index in [1.165, 1.54) is 0 Å². The number of benzene rings is 1. The zero-order valence-corrected chi connectivity index (χ0v) is 6.81. The van der Waals surface area contributed by atoms with Crippen molar-refractivity contribution in [2.45, 2.75) is 6.23 Å². The highest BCUT2D eigenvalue weighted by Gasteiger charge is 2.16. The minimum absolute atomic E-state index is 0.452. The van der Waals surface area contributed by atoms with Crippen LogP contribution in [0.1, 0.15) is 0 Å². The van der Waals surface area contributed by atoms with Gasteiger partial charge in [0.2, 0.25) is 0 Å². The predicted octanol–water partition coefficient (Wildman–Crippen LogP) is -0.0606. The van der Waals surface area contributed by atoms with E-state index in [9.17, 15) is 4.79 Å². The van der Waals surface area contributed by atoms with Crippen LogP contribution in [0.15, 0.2) is 30.3 Å². The summed E-state index contributed by atoms with van der Waals surface area (Å²) in [5, 5.41) is 8.57. The van der Waals surface area contributed by atoms with Crippen molar-refractivity contribution in [3.63, 3.8) is 0 Å². The van der Waals surface area contributed by atoms with E-state index in [4.69, 9.17) is 15.7 Å². The molecule has 0 aliphatic rings. The van der Waals surface area contributed by atoms with Gasteiger partial charge in [0.15, 0.2) is 0 Å². The Balaban J connectivity index is 2.62. The molecule has 0 fully saturated rings. The average molecular weight is 182 g/mol. The molecule has 0 radical (unpaired) electrons. The third kappa shape index (κ3) is 2.73. The van der Waals surface area contributed by atoms with Crippen LogP contribution >= 0.6 is 0 Å². The Morgan fingerprint density at radius 3 is 2.54 bits per heavy atom. The third-order valence-electron chi connectivity index (χ3n) is 1.37. The smallest absolute Gasteiger partial charge is 0.361 e. The van der Waals surface area contributed by atoms with Crippen LogP contribution in [-0.2, 0) is 4.79 Å². The Labute approximate surface area is 75.1 Å². The van der Waals surface area contributed by atoms with E-state index in [-0.39, 0.29) is 0 Å². The molecule has 4 N–H and O–H groups in total. The molecule has 0 amide bonds. The van der Waals surface area contributed by atoms with Gasteiger partial charge in [0.25, 0.3) is 6.23 Å². The molecule has 5 nitrogen and oxygen atoms in total. The van der Waals surface area contributed by atoms with Crippen molar-refractivity contribution >= 4 is 5.97 Å². The standard InChI is InChI=1S/C8H10N2O3/c9-10-7(8(11)12)13-6-4-2-1-3-5-6/h1-5,7,10H,9H2,(H,11,12). The SMILES string of the molecule is NNC(Oc1ccccc1)C(=O)O. The third-order valence-corrected chi connectivity index (χ3v) is 1.37. The lowest BCUT2D eigenvalue weighted by atomic mass is 10.3. The second-order valence-electron chi connectivity index (χ2n) is 2.32. The van der Waals surface area contributed by atoms with Crippen molar-refractivity contribution in [2.24, 2.45) is 5.84 Å². The molecule has 1 aromatic carbocycles. The summed E-state index contributed by atoms with van der Waals surface area (Å²) in [7, 11) is 0. The Morgan fingerprint density at radius 1 is 1.46 bits per heavy atom. The largest absolute Gasteiger partial charge is 0.477 e. The quantitative estimate of drug-likeness (QED) is 0.345. The summed E-state index contributed by atoms with van der Waals surface area (Å²) < 4.78 is 4.99. The summed E-state index contributed by atoms with van der Waals surface area (Å²) in [6.45, 7) is 0. The maximum absolute atomic E-state index is 10.5. The molecule has 0 saturated heterocycles. The van der Waals surface area contributed by atoms with Crippen molar-refractivity contribution in [3.05, 3.63) is 30.3 Å². The van der Waals surface area contributed by atoms with Crippen LogP contribution in [0, 0.1) is 0 Å². The van der Waals surface area contributed by atoms with Gasteiger partial charge in [-0.3, -0.25) is 5.84 Å². The number of nitrogens with two attached hydrogens (primary N) is 1. The fourth-order valence-corrected chi connectivity index (χ4v) is 0.791. The van der Waals surface area contributed by atoms with E-state index < -0.39 is 12.2 Å². The molecule has 0 heterocycles. The van der Waals surface area contributed by atoms with E-state index >= 15 is 0 Å². The van der Waals surface area contributed by atoms with Gasteiger partial charge in [0.1, 0.15) is 5.75 Å². The highest BCUT2D eigenvalue weighted by atomic mass is 16.5. The summed E-state index contributed by atoms with van der Waals surface area (Å²) in [5.41, 5.74) is 2.03. The molecule has 0 saturated carbocycles. The molecule has 1 unspecified atom stereocenters. The summed E-state index contributed by atoms with van der Waals surface area (Å²) in [6, 6.07) is 8.58. The summed E-state index contributed by atoms with van der Waals surface area (Å²) >= 11 is 0. The van der Waals surface area contributed by atoms with E-state index in [1.54, 1.807) is 30.3 Å². The summed E-state index contributed by atoms with van der Waals surface area (Å²) in [6.07, 6.45) is -1.22. The number of nitrogens with one attached hydrogen (secondary N) is 1. The van der Waals surface area contributed by atoms with Gasteiger partial charge in [0.05, 0.1) is 0 Å². The van der Waals surface area contributed by atoms with Gasteiger partial charge in [-0.05, 0) is 12.1 Å². The monoisotopic (exact) mass is 182 g/mol. The van der Waals surface area contributed by atoms with Crippen LogP contribution in [0.2, 0.25) is 0 Å². The Morgan fingerprint density at radius 2 is 2.08 bits per heavy atom. The predicted molar refractivity (Wildman–Crippen MR) is 45.8 cm³/mol. The number of carbonyl (C=O) groups is 1. The van der Waals surface area contributed by atoms with Crippen molar-refractivity contribution in [3.8, 4) is 5.75 Å². The molecular weight excluding hydrogens is 172 g/mol. The lowest BCUT2D eigenvalue weighted by Gasteiger charge is -2.12. The highest BCUT2D eigenvalue weighted by Crippen LogP contribution is 2.09. The molecule has 70 valence electrons. The van der Waals surface area contributed by atoms with Crippen LogP contribution in [0.3, 0.4) is 0 Å². The topological polar surface area (TPSA) is 84.6 Å². The maximum Gasteiger partial charge on any atom is 0.361 e. The molecule has 1 aromatic rings. The molecule has 1 atom stereocenters. The number of hydrazine groups is 1. The number of rotatable bonds is 4. The number of hydrogen-bond donors (Lipinski definition) is 3. The van der Waals surface area contributed by atoms with Gasteiger partial charge in [-0.25, -0.2) is 10.2 Å². The Bertz CT molecular complexity index is 276. The molecule has 0 aromatic heterocycles. The van der Waals surface area contributed by atoms with Gasteiger partial charge in [-0.1, -0.05) is 18.2 Å². The molecular formula is C8H10N2O3. The number of ether oxygens (including phenoxy) is 1. The van der Waals surface area contributed by atoms with Crippen molar-refractivity contribution in [1.82, 2.24) is 5.43 Å². The zero-order valence-electron chi connectivity index (χ0n) is 6.81. The first-order valence-corrected chi connectivity index (χ1v) is 3.64. The minimum Gasteiger partial charge on any atom is -0.477 e. The van der Waals surface area contributed by atoms with Crippen LogP contribution in [-0.4, -0.2) is 17.3 Å². The molecule has 13 heavy (non-hydrogen) atoms. The van der Waals surface area contributed by atoms with Gasteiger partial charge in [-0.2, -0.15) is 0 Å². The minimum atomic E-state index is -1.22. The second kappa shape index (κ2) is 4.44. The number of carboxylic acids is 1. The molecule has 0 aliphatic heterocycles. The first-order chi connectivity index (χ1) is 6.24. The number of aliphatic carboxylic acids is 1. The van der Waals surface area contributed by atoms with E-state index in [2.05, 4.69) is 0 Å². The van der Waals surface area contributed by atoms with Gasteiger partial charge in [-0.15, -0.1) is 0 Å². The molecule has 0 bridgehead atoms. The van der Waals surface area contributed by atoms with Gasteiger partial charge in [0, 0.05) is 0 Å². The molecule has 1 rings (SSSR count). The number of hydrogen-bond acceptors (Lipinski definition) is 4. The van der Waals surface area contributed by atoms with Gasteiger partial charge >= 0.3 is 5.97 Å². The lowest BCUT2D eigenvalue weighted by Crippen LogP contribution is -2.45. The fraction of sp³-hybridized carbons (Fsp3) is 0.125. The fourth-order valence-electron chi connectivity index (χ4n) is 0.791. The van der Waals surface area contributed by atoms with E-state index in [1.807, 2.05) is 5.43 Å². The summed E-state index contributed by atoms with van der Waals surface area (Å²) in [4.78, 5) is 10.5. The first-order valence-electron chi connectivity index (χ1n) is 3.64. The van der Waals surface area contributed by atoms with Gasteiger partial charge < -0.3 is 9.84 Å². The second-order valence-corrected chi connectivity index (χ2v) is 2.32. The van der Waals surface area contributed by atoms with E-state index in [0.717, 1.165) is 0 Å². The zero-order chi connectivity index (χ0) is 9.68. The normalized spacial score (nSPS) is 12.1. The lowest BCUT2D eigenvalue weighted by molar-refractivity contribution is -0.146. The van der Waals surface area contributed by atoms with E-state index in [0.29, 0.717) is 5.75 Å². The van der Waals surface area contributed by atoms with Crippen LogP contribution in [0.5, 0.6) is 5.75 Å². The van der Waals surface area contributed by atoms with Crippen LogP contribution in [0.25, 0.3) is 0 Å². The van der Waals surface area contributed by atoms with Crippen LogP contribution in [0.4, 0.5) is 0 Å². The van der Waals surface area contributed by atoms with Crippen molar-refractivity contribution in [1.29, 1.82) is 0 Å². The summed E-state index contributed by atoms with van der Waals surface area (Å²) in [5.74, 6) is 4.26. The highest BCUT2D eigenvalue weighted by molar-refractivity contribution is 5.72. The Kier molecular flexibility index (Phi) is 3.24. The number of para-hydroxylation sites is 1. The molecule has 5 heteroatoms. The number of carboxylic acid groups (broad SMARTS) is 1. The molecule has 0 aliphatic carbocycles. The maximum atomic E-state index is 10.5.